The first-order valence-corrected chi connectivity index (χ1v) is 5.50. The van der Waals surface area contributed by atoms with Crippen LogP contribution in [-0.4, -0.2) is 0 Å². The highest BCUT2D eigenvalue weighted by molar-refractivity contribution is 9.10. The van der Waals surface area contributed by atoms with Crippen LogP contribution in [0.2, 0.25) is 0 Å². The van der Waals surface area contributed by atoms with Crippen LogP contribution in [0.15, 0.2) is 22.0 Å². The van der Waals surface area contributed by atoms with Gasteiger partial charge in [0.15, 0.2) is 0 Å². The smallest absolute Gasteiger partial charge is 0.0357 e. The minimum atomic E-state index is 1.25. The molecule has 0 aliphatic carbocycles. The Bertz CT molecular complexity index is 429. The van der Waals surface area contributed by atoms with E-state index in [1.807, 2.05) is 0 Å². The van der Waals surface area contributed by atoms with Crippen molar-refractivity contribution >= 4 is 37.4 Å². The zero-order valence-corrected chi connectivity index (χ0v) is 9.42. The first-order chi connectivity index (χ1) is 5.70. The van der Waals surface area contributed by atoms with Crippen LogP contribution in [0.3, 0.4) is 0 Å². The van der Waals surface area contributed by atoms with E-state index in [2.05, 4.69) is 47.3 Å². The molecule has 0 atom stereocenters. The third-order valence-corrected chi connectivity index (χ3v) is 4.14. The number of hydrogen-bond acceptors (Lipinski definition) is 1. The van der Waals surface area contributed by atoms with Crippen LogP contribution in [0.25, 0.3) is 10.1 Å². The second-order valence-electron chi connectivity index (χ2n) is 2.99. The van der Waals surface area contributed by atoms with Crippen molar-refractivity contribution in [3.05, 3.63) is 33.1 Å². The summed E-state index contributed by atoms with van der Waals surface area (Å²) < 4.78 is 2.61. The molecule has 1 aromatic heterocycles. The molecule has 12 heavy (non-hydrogen) atoms. The highest BCUT2D eigenvalue weighted by Gasteiger charge is 2.05. The van der Waals surface area contributed by atoms with E-state index in [0.717, 1.165) is 0 Å². The maximum absolute atomic E-state index is 3.62. The molecule has 0 unspecified atom stereocenters. The normalized spacial score (nSPS) is 10.9. The molecule has 0 aliphatic rings. The summed E-state index contributed by atoms with van der Waals surface area (Å²) in [6, 6.07) is 4.34. The van der Waals surface area contributed by atoms with Gasteiger partial charge in [-0.15, -0.1) is 11.3 Å². The van der Waals surface area contributed by atoms with Gasteiger partial charge in [-0.05, 0) is 52.4 Å². The van der Waals surface area contributed by atoms with Crippen molar-refractivity contribution in [2.45, 2.75) is 13.8 Å². The average molecular weight is 241 g/mol. The van der Waals surface area contributed by atoms with Crippen LogP contribution < -0.4 is 0 Å². The number of rotatable bonds is 0. The summed E-state index contributed by atoms with van der Waals surface area (Å²) in [6.45, 7) is 4.28. The van der Waals surface area contributed by atoms with Crippen molar-refractivity contribution in [3.63, 3.8) is 0 Å². The Labute approximate surface area is 84.4 Å². The number of thiophene rings is 1. The predicted molar refractivity (Wildman–Crippen MR) is 59.0 cm³/mol. The Balaban J connectivity index is 2.96. The van der Waals surface area contributed by atoms with Crippen molar-refractivity contribution in [2.75, 3.05) is 0 Å². The van der Waals surface area contributed by atoms with E-state index in [-0.39, 0.29) is 0 Å². The molecule has 0 fully saturated rings. The van der Waals surface area contributed by atoms with E-state index < -0.39 is 0 Å². The second-order valence-corrected chi connectivity index (χ2v) is 4.69. The Kier molecular flexibility index (Phi) is 1.97. The first-order valence-electron chi connectivity index (χ1n) is 3.83. The molecule has 2 heteroatoms. The summed E-state index contributed by atoms with van der Waals surface area (Å²) in [4.78, 5) is 0. The summed E-state index contributed by atoms with van der Waals surface area (Å²) in [6.07, 6.45) is 0. The Morgan fingerprint density at radius 2 is 1.92 bits per heavy atom. The lowest BCUT2D eigenvalue weighted by Crippen LogP contribution is -1.76. The molecule has 1 aromatic carbocycles. The zero-order valence-electron chi connectivity index (χ0n) is 7.02. The molecule has 0 radical (unpaired) electrons. The zero-order chi connectivity index (χ0) is 8.72. The Morgan fingerprint density at radius 1 is 1.17 bits per heavy atom. The fraction of sp³-hybridized carbons (Fsp3) is 0.200. The molecule has 1 heterocycles. The molecule has 0 N–H and O–H groups in total. The lowest BCUT2D eigenvalue weighted by atomic mass is 10.1. The number of fused-ring (bicyclic) bond motifs is 1. The monoisotopic (exact) mass is 240 g/mol. The van der Waals surface area contributed by atoms with Gasteiger partial charge in [0.1, 0.15) is 0 Å². The predicted octanol–water partition coefficient (Wildman–Crippen LogP) is 4.28. The minimum absolute atomic E-state index is 1.25. The van der Waals surface area contributed by atoms with Gasteiger partial charge in [0, 0.05) is 14.6 Å². The van der Waals surface area contributed by atoms with Gasteiger partial charge in [-0.2, -0.15) is 0 Å². The topological polar surface area (TPSA) is 0 Å². The van der Waals surface area contributed by atoms with E-state index in [9.17, 15) is 0 Å². The Morgan fingerprint density at radius 3 is 2.67 bits per heavy atom. The van der Waals surface area contributed by atoms with Gasteiger partial charge in [-0.3, -0.25) is 0 Å². The van der Waals surface area contributed by atoms with Crippen LogP contribution in [0.1, 0.15) is 11.1 Å². The third kappa shape index (κ3) is 1.10. The third-order valence-electron chi connectivity index (χ3n) is 2.05. The number of aryl methyl sites for hydroxylation is 2. The number of benzene rings is 1. The van der Waals surface area contributed by atoms with Crippen molar-refractivity contribution in [1.29, 1.82) is 0 Å². The molecule has 0 aliphatic heterocycles. The van der Waals surface area contributed by atoms with E-state index >= 15 is 0 Å². The van der Waals surface area contributed by atoms with Gasteiger partial charge in [-0.1, -0.05) is 6.07 Å². The van der Waals surface area contributed by atoms with Gasteiger partial charge in [0.05, 0.1) is 0 Å². The highest BCUT2D eigenvalue weighted by Crippen LogP contribution is 2.33. The maximum atomic E-state index is 3.62. The summed E-state index contributed by atoms with van der Waals surface area (Å²) in [5.74, 6) is 0. The summed E-state index contributed by atoms with van der Waals surface area (Å²) in [7, 11) is 0. The SMILES string of the molecule is Cc1ccc2scc(C)c2c1Br. The molecular weight excluding hydrogens is 232 g/mol. The molecule has 0 saturated heterocycles. The van der Waals surface area contributed by atoms with E-state index in [4.69, 9.17) is 0 Å². The van der Waals surface area contributed by atoms with Gasteiger partial charge in [0.2, 0.25) is 0 Å². The van der Waals surface area contributed by atoms with Crippen molar-refractivity contribution < 1.29 is 0 Å². The van der Waals surface area contributed by atoms with Crippen LogP contribution in [-0.2, 0) is 0 Å². The second kappa shape index (κ2) is 2.86. The quantitative estimate of drug-likeness (QED) is 0.645. The van der Waals surface area contributed by atoms with Gasteiger partial charge in [-0.25, -0.2) is 0 Å². The van der Waals surface area contributed by atoms with E-state index in [1.54, 1.807) is 11.3 Å². The molecular formula is C10H9BrS. The molecule has 0 bridgehead atoms. The fourth-order valence-corrected chi connectivity index (χ4v) is 3.08. The standard InChI is InChI=1S/C10H9BrS/c1-6-3-4-8-9(10(6)11)7(2)5-12-8/h3-5H,1-2H3. The summed E-state index contributed by atoms with van der Waals surface area (Å²) in [5.41, 5.74) is 2.68. The number of halogens is 1. The summed E-state index contributed by atoms with van der Waals surface area (Å²) in [5, 5.41) is 3.58. The fourth-order valence-electron chi connectivity index (χ4n) is 1.34. The maximum Gasteiger partial charge on any atom is 0.0357 e. The van der Waals surface area contributed by atoms with Crippen LogP contribution in [0.5, 0.6) is 0 Å². The number of hydrogen-bond donors (Lipinski definition) is 0. The highest BCUT2D eigenvalue weighted by atomic mass is 79.9. The van der Waals surface area contributed by atoms with Gasteiger partial charge >= 0.3 is 0 Å². The molecule has 2 aromatic rings. The van der Waals surface area contributed by atoms with Crippen LogP contribution in [0.4, 0.5) is 0 Å². The largest absolute Gasteiger partial charge is 0.143 e. The molecule has 0 nitrogen and oxygen atoms in total. The molecule has 62 valence electrons. The van der Waals surface area contributed by atoms with Crippen LogP contribution in [0, 0.1) is 13.8 Å². The van der Waals surface area contributed by atoms with E-state index in [1.165, 1.54) is 25.7 Å². The van der Waals surface area contributed by atoms with E-state index in [0.29, 0.717) is 0 Å². The average Bonchev–Trinajstić information content (AvgIpc) is 2.41. The minimum Gasteiger partial charge on any atom is -0.143 e. The first kappa shape index (κ1) is 8.27. The van der Waals surface area contributed by atoms with Crippen LogP contribution >= 0.6 is 27.3 Å². The van der Waals surface area contributed by atoms with Crippen molar-refractivity contribution in [2.24, 2.45) is 0 Å². The van der Waals surface area contributed by atoms with Gasteiger partial charge in [0.25, 0.3) is 0 Å². The van der Waals surface area contributed by atoms with Crippen molar-refractivity contribution in [1.82, 2.24) is 0 Å². The lowest BCUT2D eigenvalue weighted by molar-refractivity contribution is 1.46. The van der Waals surface area contributed by atoms with Gasteiger partial charge < -0.3 is 0 Å². The molecule has 2 rings (SSSR count). The molecule has 0 spiro atoms. The Hall–Kier alpha value is -0.340. The molecule has 0 amide bonds. The van der Waals surface area contributed by atoms with Crippen molar-refractivity contribution in [3.8, 4) is 0 Å². The lowest BCUT2D eigenvalue weighted by Gasteiger charge is -1.99. The summed E-state index contributed by atoms with van der Waals surface area (Å²) >= 11 is 5.42. The molecule has 0 saturated carbocycles.